The fourth-order valence-corrected chi connectivity index (χ4v) is 5.66. The Bertz CT molecular complexity index is 1320. The van der Waals surface area contributed by atoms with Gasteiger partial charge in [-0.2, -0.15) is 0 Å². The number of thiophene rings is 1. The van der Waals surface area contributed by atoms with Crippen LogP contribution in [0.5, 0.6) is 5.75 Å². The van der Waals surface area contributed by atoms with Crippen molar-refractivity contribution >= 4 is 33.1 Å². The van der Waals surface area contributed by atoms with Gasteiger partial charge in [0.05, 0.1) is 18.5 Å². The quantitative estimate of drug-likeness (QED) is 0.367. The Kier molecular flexibility index (Phi) is 6.24. The van der Waals surface area contributed by atoms with Gasteiger partial charge in [-0.25, -0.2) is 4.98 Å². The van der Waals surface area contributed by atoms with Crippen molar-refractivity contribution in [2.24, 2.45) is 0 Å². The van der Waals surface area contributed by atoms with Crippen LogP contribution in [0.1, 0.15) is 40.9 Å². The van der Waals surface area contributed by atoms with Crippen molar-refractivity contribution in [1.29, 1.82) is 0 Å². The second kappa shape index (κ2) is 9.47. The summed E-state index contributed by atoms with van der Waals surface area (Å²) in [7, 11) is 1.66. The van der Waals surface area contributed by atoms with Gasteiger partial charge in [0.15, 0.2) is 0 Å². The number of nitrogens with two attached hydrogens (primary N) is 1. The van der Waals surface area contributed by atoms with Gasteiger partial charge < -0.3 is 15.4 Å². The van der Waals surface area contributed by atoms with Crippen LogP contribution in [-0.2, 0) is 0 Å². The zero-order valence-electron chi connectivity index (χ0n) is 19.6. The SMILES string of the molecule is COc1ccc(-c2cc(-c3ccc(C)cc3)c3c(N)c(C(=O)N4CCCCCC4)sc3n2)cc1. The van der Waals surface area contributed by atoms with Crippen LogP contribution in [0.4, 0.5) is 5.69 Å². The van der Waals surface area contributed by atoms with Crippen LogP contribution < -0.4 is 10.5 Å². The molecule has 0 saturated carbocycles. The molecule has 1 saturated heterocycles. The van der Waals surface area contributed by atoms with Gasteiger partial charge in [0.2, 0.25) is 0 Å². The van der Waals surface area contributed by atoms with Crippen molar-refractivity contribution in [1.82, 2.24) is 9.88 Å². The van der Waals surface area contributed by atoms with E-state index in [1.807, 2.05) is 29.2 Å². The lowest BCUT2D eigenvalue weighted by Gasteiger charge is -2.19. The highest BCUT2D eigenvalue weighted by Gasteiger charge is 2.25. The van der Waals surface area contributed by atoms with Crippen LogP contribution in [0.25, 0.3) is 32.6 Å². The summed E-state index contributed by atoms with van der Waals surface area (Å²) in [6.45, 7) is 3.66. The molecule has 174 valence electrons. The summed E-state index contributed by atoms with van der Waals surface area (Å²) in [6.07, 6.45) is 4.45. The number of pyridine rings is 1. The Labute approximate surface area is 204 Å². The number of fused-ring (bicyclic) bond motifs is 1. The van der Waals surface area contributed by atoms with Crippen LogP contribution in [-0.4, -0.2) is 36.0 Å². The summed E-state index contributed by atoms with van der Waals surface area (Å²) in [4.78, 5) is 21.8. The summed E-state index contributed by atoms with van der Waals surface area (Å²) >= 11 is 1.41. The van der Waals surface area contributed by atoms with Gasteiger partial charge in [-0.05, 0) is 61.2 Å². The number of methoxy groups -OCH3 is 1. The first-order chi connectivity index (χ1) is 16.5. The molecule has 0 bridgehead atoms. The average molecular weight is 472 g/mol. The highest BCUT2D eigenvalue weighted by molar-refractivity contribution is 7.21. The zero-order valence-corrected chi connectivity index (χ0v) is 20.5. The van der Waals surface area contributed by atoms with Crippen molar-refractivity contribution in [3.63, 3.8) is 0 Å². The third-order valence-electron chi connectivity index (χ3n) is 6.53. The van der Waals surface area contributed by atoms with Crippen molar-refractivity contribution in [3.05, 3.63) is 65.0 Å². The molecule has 0 unspecified atom stereocenters. The third kappa shape index (κ3) is 4.26. The molecule has 0 radical (unpaired) electrons. The molecule has 0 aliphatic carbocycles. The number of aryl methyl sites for hydroxylation is 1. The van der Waals surface area contributed by atoms with E-state index in [9.17, 15) is 4.79 Å². The highest BCUT2D eigenvalue weighted by atomic mass is 32.1. The zero-order chi connectivity index (χ0) is 23.7. The number of aromatic nitrogens is 1. The molecule has 2 aromatic carbocycles. The third-order valence-corrected chi connectivity index (χ3v) is 7.62. The van der Waals surface area contributed by atoms with Crippen LogP contribution in [0.2, 0.25) is 0 Å². The molecule has 1 aliphatic rings. The molecule has 5 nitrogen and oxygen atoms in total. The first-order valence-electron chi connectivity index (χ1n) is 11.8. The van der Waals surface area contributed by atoms with E-state index in [4.69, 9.17) is 15.5 Å². The van der Waals surface area contributed by atoms with Gasteiger partial charge in [-0.15, -0.1) is 11.3 Å². The summed E-state index contributed by atoms with van der Waals surface area (Å²) in [5.74, 6) is 0.831. The minimum absolute atomic E-state index is 0.0308. The number of hydrogen-bond acceptors (Lipinski definition) is 5. The fraction of sp³-hybridized carbons (Fsp3) is 0.286. The van der Waals surface area contributed by atoms with Crippen molar-refractivity contribution in [2.75, 3.05) is 25.9 Å². The van der Waals surface area contributed by atoms with Gasteiger partial charge in [0.1, 0.15) is 15.5 Å². The maximum absolute atomic E-state index is 13.5. The molecule has 1 aliphatic heterocycles. The topological polar surface area (TPSA) is 68.5 Å². The number of nitrogens with zero attached hydrogens (tertiary/aromatic N) is 2. The Morgan fingerprint density at radius 1 is 0.971 bits per heavy atom. The van der Waals surface area contributed by atoms with E-state index in [2.05, 4.69) is 37.3 Å². The monoisotopic (exact) mass is 471 g/mol. The van der Waals surface area contributed by atoms with Gasteiger partial charge in [0, 0.05) is 24.0 Å². The summed E-state index contributed by atoms with van der Waals surface area (Å²) in [5.41, 5.74) is 12.3. The van der Waals surface area contributed by atoms with E-state index < -0.39 is 0 Å². The summed E-state index contributed by atoms with van der Waals surface area (Å²) in [6, 6.07) is 18.4. The molecule has 5 rings (SSSR count). The minimum atomic E-state index is 0.0308. The molecule has 1 fully saturated rings. The van der Waals surface area contributed by atoms with Crippen LogP contribution in [0.3, 0.4) is 0 Å². The summed E-state index contributed by atoms with van der Waals surface area (Å²) < 4.78 is 5.31. The number of likely N-dealkylation sites (tertiary alicyclic amines) is 1. The maximum Gasteiger partial charge on any atom is 0.266 e. The lowest BCUT2D eigenvalue weighted by atomic mass is 9.98. The van der Waals surface area contributed by atoms with E-state index in [1.165, 1.54) is 29.7 Å². The first-order valence-corrected chi connectivity index (χ1v) is 12.6. The fourth-order valence-electron chi connectivity index (χ4n) is 4.57. The maximum atomic E-state index is 13.5. The van der Waals surface area contributed by atoms with Gasteiger partial charge >= 0.3 is 0 Å². The molecule has 2 aromatic heterocycles. The van der Waals surface area contributed by atoms with E-state index >= 15 is 0 Å². The van der Waals surface area contributed by atoms with E-state index in [1.54, 1.807) is 7.11 Å². The number of nitrogen functional groups attached to an aromatic ring is 1. The molecule has 2 N–H and O–H groups in total. The predicted molar refractivity (Wildman–Crippen MR) is 141 cm³/mol. The molecule has 34 heavy (non-hydrogen) atoms. The molecular formula is C28H29N3O2S. The van der Waals surface area contributed by atoms with Crippen LogP contribution in [0.15, 0.2) is 54.6 Å². The second-order valence-electron chi connectivity index (χ2n) is 8.88. The lowest BCUT2D eigenvalue weighted by Crippen LogP contribution is -2.31. The number of amides is 1. The number of carbonyl (C=O) groups excluding carboxylic acids is 1. The average Bonchev–Trinajstić information content (AvgIpc) is 3.03. The second-order valence-corrected chi connectivity index (χ2v) is 9.88. The first kappa shape index (κ1) is 22.4. The molecule has 3 heterocycles. The van der Waals surface area contributed by atoms with Crippen molar-refractivity contribution in [3.8, 4) is 28.1 Å². The molecule has 4 aromatic rings. The van der Waals surface area contributed by atoms with Gasteiger partial charge in [0.25, 0.3) is 5.91 Å². The number of benzene rings is 2. The largest absolute Gasteiger partial charge is 0.497 e. The smallest absolute Gasteiger partial charge is 0.266 e. The van der Waals surface area contributed by atoms with E-state index in [0.717, 1.165) is 64.3 Å². The molecular weight excluding hydrogens is 442 g/mol. The summed E-state index contributed by atoms with van der Waals surface area (Å²) in [5, 5.41) is 0.865. The number of anilines is 1. The van der Waals surface area contributed by atoms with E-state index in [0.29, 0.717) is 10.6 Å². The molecule has 0 atom stereocenters. The van der Waals surface area contributed by atoms with Gasteiger partial charge in [-0.3, -0.25) is 4.79 Å². The number of rotatable bonds is 4. The standard InChI is InChI=1S/C28H29N3O2S/c1-18-7-9-19(10-8-18)22-17-23(20-11-13-21(33-2)14-12-20)30-27-24(22)25(29)26(34-27)28(32)31-15-5-3-4-6-16-31/h7-14,17H,3-6,15-16,29H2,1-2H3. The Hall–Kier alpha value is -3.38. The Balaban J connectivity index is 1.67. The van der Waals surface area contributed by atoms with Crippen LogP contribution >= 0.6 is 11.3 Å². The van der Waals surface area contributed by atoms with Crippen LogP contribution in [0, 0.1) is 6.92 Å². The minimum Gasteiger partial charge on any atom is -0.497 e. The Morgan fingerprint density at radius 3 is 2.26 bits per heavy atom. The predicted octanol–water partition coefficient (Wildman–Crippen LogP) is 6.55. The highest BCUT2D eigenvalue weighted by Crippen LogP contribution is 2.42. The number of carbonyl (C=O) groups is 1. The Morgan fingerprint density at radius 2 is 1.62 bits per heavy atom. The van der Waals surface area contributed by atoms with Gasteiger partial charge in [-0.1, -0.05) is 42.7 Å². The number of hydrogen-bond donors (Lipinski definition) is 1. The van der Waals surface area contributed by atoms with E-state index in [-0.39, 0.29) is 5.91 Å². The lowest BCUT2D eigenvalue weighted by molar-refractivity contribution is 0.0767. The molecule has 6 heteroatoms. The normalized spacial score (nSPS) is 14.2. The number of ether oxygens (including phenoxy) is 1. The molecule has 0 spiro atoms. The molecule has 1 amide bonds. The van der Waals surface area contributed by atoms with Crippen molar-refractivity contribution < 1.29 is 9.53 Å². The van der Waals surface area contributed by atoms with Crippen molar-refractivity contribution in [2.45, 2.75) is 32.6 Å².